The normalized spacial score (nSPS) is 12.7. The van der Waals surface area contributed by atoms with E-state index in [1.807, 2.05) is 0 Å². The van der Waals surface area contributed by atoms with Crippen molar-refractivity contribution in [1.82, 2.24) is 0 Å². The Labute approximate surface area is 142 Å². The number of carbonyl (C=O) groups is 2. The molecule has 0 radical (unpaired) electrons. The van der Waals surface area contributed by atoms with Crippen molar-refractivity contribution in [2.24, 2.45) is 5.73 Å². The van der Waals surface area contributed by atoms with Gasteiger partial charge in [0.25, 0.3) is 11.8 Å². The number of hydrogen-bond donors (Lipinski definition) is 2. The number of carbonyl (C=O) groups excluding carboxylic acids is 2. The van der Waals surface area contributed by atoms with Crippen LogP contribution in [0.3, 0.4) is 0 Å². The molecule has 2 aromatic rings. The first kappa shape index (κ1) is 15.8. The summed E-state index contributed by atoms with van der Waals surface area (Å²) in [6.07, 6.45) is 2.77. The van der Waals surface area contributed by atoms with Gasteiger partial charge in [0.05, 0.1) is 10.6 Å². The van der Waals surface area contributed by atoms with Gasteiger partial charge >= 0.3 is 0 Å². The number of rotatable bonds is 5. The summed E-state index contributed by atoms with van der Waals surface area (Å²) >= 11 is 7.39. The summed E-state index contributed by atoms with van der Waals surface area (Å²) < 4.78 is 5.39. The minimum Gasteiger partial charge on any atom is -0.482 e. The predicted molar refractivity (Wildman–Crippen MR) is 90.4 cm³/mol. The smallest absolute Gasteiger partial charge is 0.262 e. The van der Waals surface area contributed by atoms with E-state index in [1.165, 1.54) is 11.3 Å². The molecule has 7 heteroatoms. The third kappa shape index (κ3) is 3.33. The van der Waals surface area contributed by atoms with Crippen molar-refractivity contribution in [2.45, 2.75) is 19.3 Å². The van der Waals surface area contributed by atoms with E-state index in [0.29, 0.717) is 21.3 Å². The van der Waals surface area contributed by atoms with E-state index in [-0.39, 0.29) is 12.5 Å². The number of nitrogens with one attached hydrogen (secondary N) is 1. The van der Waals surface area contributed by atoms with Crippen LogP contribution in [0.5, 0.6) is 5.75 Å². The molecule has 3 N–H and O–H groups in total. The molecule has 3 rings (SSSR count). The van der Waals surface area contributed by atoms with Crippen LogP contribution in [0, 0.1) is 0 Å². The molecule has 23 heavy (non-hydrogen) atoms. The number of halogens is 1. The van der Waals surface area contributed by atoms with Crippen LogP contribution in [-0.2, 0) is 17.6 Å². The molecule has 1 aromatic carbocycles. The van der Waals surface area contributed by atoms with Crippen molar-refractivity contribution in [3.05, 3.63) is 45.3 Å². The van der Waals surface area contributed by atoms with E-state index in [1.54, 1.807) is 24.3 Å². The second-order valence-corrected chi connectivity index (χ2v) is 6.71. The van der Waals surface area contributed by atoms with Crippen molar-refractivity contribution in [3.8, 4) is 5.75 Å². The molecule has 0 fully saturated rings. The van der Waals surface area contributed by atoms with E-state index >= 15 is 0 Å². The van der Waals surface area contributed by atoms with E-state index in [4.69, 9.17) is 22.1 Å². The number of fused-ring (bicyclic) bond motifs is 1. The lowest BCUT2D eigenvalue weighted by Gasteiger charge is -2.09. The molecule has 0 atom stereocenters. The Bertz CT molecular complexity index is 773. The number of primary amides is 1. The summed E-state index contributed by atoms with van der Waals surface area (Å²) in [5.41, 5.74) is 6.88. The standard InChI is InChI=1S/C16H15ClN2O3S/c17-10-5-1-2-6-11(10)22-8-13(20)19-16-14(15(18)21)9-4-3-7-12(9)23-16/h1-2,5-6H,3-4,7-8H2,(H2,18,21)(H,19,20). The third-order valence-electron chi connectivity index (χ3n) is 3.62. The molecule has 1 aliphatic rings. The van der Waals surface area contributed by atoms with Crippen LogP contribution in [0.15, 0.2) is 24.3 Å². The van der Waals surface area contributed by atoms with Gasteiger partial charge in [-0.3, -0.25) is 9.59 Å². The second kappa shape index (κ2) is 6.60. The van der Waals surface area contributed by atoms with E-state index in [9.17, 15) is 9.59 Å². The number of aryl methyl sites for hydroxylation is 1. The number of benzene rings is 1. The van der Waals surface area contributed by atoms with Crippen molar-refractivity contribution < 1.29 is 14.3 Å². The fourth-order valence-electron chi connectivity index (χ4n) is 2.62. The van der Waals surface area contributed by atoms with Gasteiger partial charge in [0, 0.05) is 4.88 Å². The van der Waals surface area contributed by atoms with Gasteiger partial charge in [0.1, 0.15) is 10.8 Å². The van der Waals surface area contributed by atoms with Crippen LogP contribution in [0.2, 0.25) is 5.02 Å². The lowest BCUT2D eigenvalue weighted by Crippen LogP contribution is -2.22. The summed E-state index contributed by atoms with van der Waals surface area (Å²) in [7, 11) is 0. The molecule has 0 bridgehead atoms. The average molecular weight is 351 g/mol. The minimum absolute atomic E-state index is 0.190. The second-order valence-electron chi connectivity index (χ2n) is 5.19. The van der Waals surface area contributed by atoms with Gasteiger partial charge in [-0.15, -0.1) is 11.3 Å². The van der Waals surface area contributed by atoms with Crippen molar-refractivity contribution >= 4 is 39.8 Å². The van der Waals surface area contributed by atoms with Crippen LogP contribution in [-0.4, -0.2) is 18.4 Å². The molecular weight excluding hydrogens is 336 g/mol. The maximum Gasteiger partial charge on any atom is 0.262 e. The Kier molecular flexibility index (Phi) is 4.54. The van der Waals surface area contributed by atoms with E-state index < -0.39 is 5.91 Å². The fraction of sp³-hybridized carbons (Fsp3) is 0.250. The van der Waals surface area contributed by atoms with Gasteiger partial charge in [0.2, 0.25) is 0 Å². The van der Waals surface area contributed by atoms with Gasteiger partial charge in [-0.2, -0.15) is 0 Å². The number of amides is 2. The summed E-state index contributed by atoms with van der Waals surface area (Å²) in [6.45, 7) is -0.190. The van der Waals surface area contributed by atoms with Crippen LogP contribution >= 0.6 is 22.9 Å². The molecule has 0 unspecified atom stereocenters. The summed E-state index contributed by atoms with van der Waals surface area (Å²) in [6, 6.07) is 6.92. The Balaban J connectivity index is 1.69. The molecule has 0 aliphatic heterocycles. The Morgan fingerprint density at radius 3 is 2.83 bits per heavy atom. The summed E-state index contributed by atoms with van der Waals surface area (Å²) in [4.78, 5) is 24.9. The van der Waals surface area contributed by atoms with Gasteiger partial charge in [0.15, 0.2) is 6.61 Å². The molecule has 5 nitrogen and oxygen atoms in total. The molecule has 1 aliphatic carbocycles. The van der Waals surface area contributed by atoms with Gasteiger partial charge in [-0.1, -0.05) is 23.7 Å². The maximum atomic E-state index is 12.1. The molecule has 2 amide bonds. The first-order valence-electron chi connectivity index (χ1n) is 7.17. The van der Waals surface area contributed by atoms with Crippen LogP contribution in [0.1, 0.15) is 27.2 Å². The van der Waals surface area contributed by atoms with Crippen LogP contribution < -0.4 is 15.8 Å². The Morgan fingerprint density at radius 2 is 2.09 bits per heavy atom. The monoisotopic (exact) mass is 350 g/mol. The van der Waals surface area contributed by atoms with Crippen molar-refractivity contribution in [2.75, 3.05) is 11.9 Å². The highest BCUT2D eigenvalue weighted by Gasteiger charge is 2.26. The largest absolute Gasteiger partial charge is 0.482 e. The Hall–Kier alpha value is -2.05. The maximum absolute atomic E-state index is 12.1. The highest BCUT2D eigenvalue weighted by atomic mass is 35.5. The summed E-state index contributed by atoms with van der Waals surface area (Å²) in [5.74, 6) is -0.424. The van der Waals surface area contributed by atoms with E-state index in [0.717, 1.165) is 29.7 Å². The highest BCUT2D eigenvalue weighted by molar-refractivity contribution is 7.17. The topological polar surface area (TPSA) is 81.4 Å². The molecular formula is C16H15ClN2O3S. The predicted octanol–water partition coefficient (Wildman–Crippen LogP) is 3.01. The van der Waals surface area contributed by atoms with E-state index in [2.05, 4.69) is 5.32 Å². The van der Waals surface area contributed by atoms with Crippen LogP contribution in [0.25, 0.3) is 0 Å². The van der Waals surface area contributed by atoms with Gasteiger partial charge in [-0.25, -0.2) is 0 Å². The number of para-hydroxylation sites is 1. The van der Waals surface area contributed by atoms with Crippen molar-refractivity contribution in [3.63, 3.8) is 0 Å². The molecule has 1 aromatic heterocycles. The molecule has 0 saturated carbocycles. The number of nitrogens with two attached hydrogens (primary N) is 1. The van der Waals surface area contributed by atoms with Gasteiger partial charge in [-0.05, 0) is 37.0 Å². The summed E-state index contributed by atoms with van der Waals surface area (Å²) in [5, 5.41) is 3.67. The van der Waals surface area contributed by atoms with Gasteiger partial charge < -0.3 is 15.8 Å². The third-order valence-corrected chi connectivity index (χ3v) is 5.14. The Morgan fingerprint density at radius 1 is 1.30 bits per heavy atom. The minimum atomic E-state index is -0.508. The number of anilines is 1. The first-order valence-corrected chi connectivity index (χ1v) is 8.37. The average Bonchev–Trinajstić information content (AvgIpc) is 3.06. The fourth-order valence-corrected chi connectivity index (χ4v) is 4.12. The zero-order valence-electron chi connectivity index (χ0n) is 12.2. The SMILES string of the molecule is NC(=O)c1c(NC(=O)COc2ccccc2Cl)sc2c1CCC2. The van der Waals surface area contributed by atoms with Crippen molar-refractivity contribution in [1.29, 1.82) is 0 Å². The molecule has 0 spiro atoms. The zero-order valence-corrected chi connectivity index (χ0v) is 13.8. The number of thiophene rings is 1. The zero-order chi connectivity index (χ0) is 16.4. The molecule has 1 heterocycles. The van der Waals surface area contributed by atoms with Crippen LogP contribution in [0.4, 0.5) is 5.00 Å². The number of ether oxygens (including phenoxy) is 1. The molecule has 120 valence electrons. The highest BCUT2D eigenvalue weighted by Crippen LogP contribution is 2.38. The molecule has 0 saturated heterocycles. The lowest BCUT2D eigenvalue weighted by molar-refractivity contribution is -0.118. The number of hydrogen-bond acceptors (Lipinski definition) is 4. The quantitative estimate of drug-likeness (QED) is 0.869. The first-order chi connectivity index (χ1) is 11.1. The lowest BCUT2D eigenvalue weighted by atomic mass is 10.1.